The van der Waals surface area contributed by atoms with Crippen molar-refractivity contribution in [2.75, 3.05) is 52.7 Å². The lowest BCUT2D eigenvalue weighted by atomic mass is 10.2. The Kier molecular flexibility index (Phi) is 13.5. The topological polar surface area (TPSA) is 123 Å². The summed E-state index contributed by atoms with van der Waals surface area (Å²) in [5, 5.41) is 14.9. The minimum Gasteiger partial charge on any atom is -0.382 e. The van der Waals surface area contributed by atoms with E-state index in [1.807, 2.05) is 0 Å². The second-order valence-corrected chi connectivity index (χ2v) is 9.95. The highest BCUT2D eigenvalue weighted by Crippen LogP contribution is 2.31. The first kappa shape index (κ1) is 26.4. The summed E-state index contributed by atoms with van der Waals surface area (Å²) >= 11 is 2.46. The van der Waals surface area contributed by atoms with Crippen LogP contribution in [0.15, 0.2) is 0 Å². The fourth-order valence-electron chi connectivity index (χ4n) is 3.06. The van der Waals surface area contributed by atoms with Gasteiger partial charge in [0.1, 0.15) is 5.44 Å². The van der Waals surface area contributed by atoms with Crippen LogP contribution < -0.4 is 10.6 Å². The molecule has 2 heterocycles. The SMILES string of the molecule is O=C1CCC(C(=O)NCCCOCCOCCOCCCNC(=O)C2CCC(O)S2)S1. The molecule has 2 rings (SSSR count). The quantitative estimate of drug-likeness (QED) is 0.275. The molecule has 2 saturated heterocycles. The Hall–Kier alpha value is -0.850. The first-order valence-corrected chi connectivity index (χ1v) is 12.7. The standard InChI is InChI=1S/C20H34N2O7S2/c23-17-5-3-15(30-17)19(25)21-7-1-9-27-11-13-29-14-12-28-10-2-8-22-20(26)16-4-6-18(24)31-16/h15-17,23H,1-14H2,(H,21,25)(H,22,26). The maximum atomic E-state index is 11.9. The molecule has 0 saturated carbocycles. The van der Waals surface area contributed by atoms with Gasteiger partial charge in [-0.2, -0.15) is 0 Å². The van der Waals surface area contributed by atoms with E-state index < -0.39 is 5.44 Å². The number of hydrogen-bond acceptors (Lipinski definition) is 9. The van der Waals surface area contributed by atoms with E-state index in [1.54, 1.807) is 0 Å². The van der Waals surface area contributed by atoms with Crippen LogP contribution in [0.2, 0.25) is 0 Å². The number of thioether (sulfide) groups is 2. The van der Waals surface area contributed by atoms with Crippen LogP contribution in [0.5, 0.6) is 0 Å². The van der Waals surface area contributed by atoms with E-state index in [2.05, 4.69) is 10.6 Å². The minimum atomic E-state index is -0.410. The van der Waals surface area contributed by atoms with Crippen LogP contribution >= 0.6 is 23.5 Å². The van der Waals surface area contributed by atoms with E-state index in [9.17, 15) is 19.5 Å². The number of ether oxygens (including phenoxy) is 3. The van der Waals surface area contributed by atoms with Crippen molar-refractivity contribution < 1.29 is 33.7 Å². The fourth-order valence-corrected chi connectivity index (χ4v) is 5.17. The first-order chi connectivity index (χ1) is 15.1. The molecule has 2 amide bonds. The molecule has 0 aromatic carbocycles. The Bertz CT molecular complexity index is 568. The van der Waals surface area contributed by atoms with Gasteiger partial charge in [-0.3, -0.25) is 14.4 Å². The molecular weight excluding hydrogens is 444 g/mol. The molecule has 2 fully saturated rings. The number of amides is 2. The third kappa shape index (κ3) is 11.5. The number of carbonyl (C=O) groups is 3. The van der Waals surface area contributed by atoms with Crippen molar-refractivity contribution in [1.29, 1.82) is 0 Å². The van der Waals surface area contributed by atoms with Crippen LogP contribution in [0, 0.1) is 0 Å². The highest BCUT2D eigenvalue weighted by Gasteiger charge is 2.29. The van der Waals surface area contributed by atoms with Crippen LogP contribution in [0.25, 0.3) is 0 Å². The van der Waals surface area contributed by atoms with Crippen molar-refractivity contribution >= 4 is 40.5 Å². The van der Waals surface area contributed by atoms with Crippen molar-refractivity contribution in [1.82, 2.24) is 10.6 Å². The van der Waals surface area contributed by atoms with Gasteiger partial charge in [0, 0.05) is 32.7 Å². The van der Waals surface area contributed by atoms with Crippen LogP contribution in [0.4, 0.5) is 0 Å². The lowest BCUT2D eigenvalue weighted by Crippen LogP contribution is -2.32. The Labute approximate surface area is 192 Å². The molecule has 3 atom stereocenters. The predicted molar refractivity (Wildman–Crippen MR) is 120 cm³/mol. The van der Waals surface area contributed by atoms with Gasteiger partial charge < -0.3 is 30.0 Å². The molecule has 31 heavy (non-hydrogen) atoms. The van der Waals surface area contributed by atoms with Crippen LogP contribution in [0.1, 0.15) is 38.5 Å². The molecule has 0 radical (unpaired) electrons. The Morgan fingerprint density at radius 3 is 1.87 bits per heavy atom. The van der Waals surface area contributed by atoms with Crippen molar-refractivity contribution in [3.63, 3.8) is 0 Å². The van der Waals surface area contributed by atoms with Gasteiger partial charge >= 0.3 is 0 Å². The molecule has 2 aliphatic rings. The van der Waals surface area contributed by atoms with Crippen molar-refractivity contribution in [2.24, 2.45) is 0 Å². The van der Waals surface area contributed by atoms with Gasteiger partial charge in [0.2, 0.25) is 11.8 Å². The van der Waals surface area contributed by atoms with Gasteiger partial charge in [-0.25, -0.2) is 0 Å². The normalized spacial score (nSPS) is 23.3. The number of rotatable bonds is 16. The summed E-state index contributed by atoms with van der Waals surface area (Å²) in [7, 11) is 0. The maximum absolute atomic E-state index is 11.9. The second kappa shape index (κ2) is 15.9. The molecule has 3 unspecified atom stereocenters. The molecule has 3 N–H and O–H groups in total. The van der Waals surface area contributed by atoms with E-state index in [1.165, 1.54) is 11.8 Å². The highest BCUT2D eigenvalue weighted by atomic mass is 32.2. The van der Waals surface area contributed by atoms with E-state index in [-0.39, 0.29) is 27.4 Å². The monoisotopic (exact) mass is 478 g/mol. The Morgan fingerprint density at radius 2 is 1.39 bits per heavy atom. The number of aliphatic hydroxyl groups is 1. The van der Waals surface area contributed by atoms with Crippen LogP contribution in [-0.4, -0.2) is 90.7 Å². The largest absolute Gasteiger partial charge is 0.382 e. The first-order valence-electron chi connectivity index (χ1n) is 10.9. The zero-order chi connectivity index (χ0) is 22.3. The molecule has 0 aromatic heterocycles. The number of aliphatic hydroxyl groups excluding tert-OH is 1. The molecule has 2 aliphatic heterocycles. The van der Waals surface area contributed by atoms with Gasteiger partial charge in [-0.1, -0.05) is 11.8 Å². The number of hydrogen-bond donors (Lipinski definition) is 3. The minimum absolute atomic E-state index is 0.00318. The van der Waals surface area contributed by atoms with E-state index in [0.717, 1.165) is 31.0 Å². The van der Waals surface area contributed by atoms with Crippen molar-refractivity contribution in [3.8, 4) is 0 Å². The lowest BCUT2D eigenvalue weighted by molar-refractivity contribution is -0.121. The Morgan fingerprint density at radius 1 is 0.839 bits per heavy atom. The Balaban J connectivity index is 1.26. The molecule has 9 nitrogen and oxygen atoms in total. The van der Waals surface area contributed by atoms with Crippen LogP contribution in [0.3, 0.4) is 0 Å². The van der Waals surface area contributed by atoms with Gasteiger partial charge in [0.15, 0.2) is 5.12 Å². The van der Waals surface area contributed by atoms with E-state index in [0.29, 0.717) is 72.0 Å². The second-order valence-electron chi connectivity index (χ2n) is 7.30. The molecule has 0 aromatic rings. The summed E-state index contributed by atoms with van der Waals surface area (Å²) in [6, 6.07) is 0. The molecule has 0 spiro atoms. The molecular formula is C20H34N2O7S2. The highest BCUT2D eigenvalue weighted by molar-refractivity contribution is 8.15. The molecule has 0 bridgehead atoms. The average molecular weight is 479 g/mol. The number of carbonyl (C=O) groups excluding carboxylic acids is 3. The van der Waals surface area contributed by atoms with Gasteiger partial charge in [0.25, 0.3) is 0 Å². The summed E-state index contributed by atoms with van der Waals surface area (Å²) in [5.74, 6) is -0.0641. The summed E-state index contributed by atoms with van der Waals surface area (Å²) in [5.41, 5.74) is -0.410. The molecule has 0 aliphatic carbocycles. The summed E-state index contributed by atoms with van der Waals surface area (Å²) in [6.07, 6.45) is 3.99. The summed E-state index contributed by atoms with van der Waals surface area (Å²) < 4.78 is 16.3. The summed E-state index contributed by atoms with van der Waals surface area (Å²) in [4.78, 5) is 34.8. The van der Waals surface area contributed by atoms with E-state index >= 15 is 0 Å². The molecule has 11 heteroatoms. The number of nitrogens with one attached hydrogen (secondary N) is 2. The third-order valence-electron chi connectivity index (χ3n) is 4.74. The molecule has 178 valence electrons. The van der Waals surface area contributed by atoms with Gasteiger partial charge in [0.05, 0.1) is 36.9 Å². The maximum Gasteiger partial charge on any atom is 0.233 e. The predicted octanol–water partition coefficient (Wildman–Crippen LogP) is 0.685. The van der Waals surface area contributed by atoms with E-state index in [4.69, 9.17) is 14.2 Å². The summed E-state index contributed by atoms with van der Waals surface area (Å²) in [6.45, 7) is 4.16. The van der Waals surface area contributed by atoms with Crippen LogP contribution in [-0.2, 0) is 28.6 Å². The van der Waals surface area contributed by atoms with Crippen molar-refractivity contribution in [3.05, 3.63) is 0 Å². The average Bonchev–Trinajstić information content (AvgIpc) is 3.39. The van der Waals surface area contributed by atoms with Crippen molar-refractivity contribution in [2.45, 2.75) is 54.5 Å². The third-order valence-corrected chi connectivity index (χ3v) is 7.27. The smallest absolute Gasteiger partial charge is 0.233 e. The lowest BCUT2D eigenvalue weighted by Gasteiger charge is -2.10. The van der Waals surface area contributed by atoms with Gasteiger partial charge in [-0.15, -0.1) is 11.8 Å². The zero-order valence-electron chi connectivity index (χ0n) is 17.8. The van der Waals surface area contributed by atoms with Gasteiger partial charge in [-0.05, 0) is 32.1 Å². The zero-order valence-corrected chi connectivity index (χ0v) is 19.5. The fraction of sp³-hybridized carbons (Fsp3) is 0.850.